The highest BCUT2D eigenvalue weighted by Crippen LogP contribution is 2.35. The van der Waals surface area contributed by atoms with E-state index in [1.807, 2.05) is 0 Å². The van der Waals surface area contributed by atoms with E-state index in [-0.39, 0.29) is 28.4 Å². The Bertz CT molecular complexity index is 1190. The number of pyridine rings is 1. The van der Waals surface area contributed by atoms with Crippen molar-refractivity contribution >= 4 is 45.7 Å². The molecule has 4 rings (SSSR count). The Morgan fingerprint density at radius 2 is 2.00 bits per heavy atom. The van der Waals surface area contributed by atoms with E-state index in [0.29, 0.717) is 42.3 Å². The highest BCUT2D eigenvalue weighted by Gasteiger charge is 2.33. The number of alkyl halides is 3. The van der Waals surface area contributed by atoms with Crippen molar-refractivity contribution < 1.29 is 22.8 Å². The van der Waals surface area contributed by atoms with Crippen LogP contribution in [0, 0.1) is 5.92 Å². The van der Waals surface area contributed by atoms with Gasteiger partial charge in [-0.3, -0.25) is 9.59 Å². The van der Waals surface area contributed by atoms with Gasteiger partial charge in [-0.05, 0) is 25.0 Å². The molecular weight excluding hydrogens is 481 g/mol. The van der Waals surface area contributed by atoms with E-state index in [2.05, 4.69) is 20.3 Å². The van der Waals surface area contributed by atoms with E-state index in [0.717, 1.165) is 12.3 Å². The summed E-state index contributed by atoms with van der Waals surface area (Å²) in [5.74, 6) is -0.775. The van der Waals surface area contributed by atoms with Gasteiger partial charge < -0.3 is 20.9 Å². The first-order valence-electron chi connectivity index (χ1n) is 9.84. The second-order valence-electron chi connectivity index (χ2n) is 7.48. The average molecular weight is 499 g/mol. The van der Waals surface area contributed by atoms with E-state index in [4.69, 9.17) is 17.3 Å². The topological polar surface area (TPSA) is 117 Å². The predicted molar refractivity (Wildman–Crippen MR) is 118 cm³/mol. The van der Waals surface area contributed by atoms with Gasteiger partial charge in [0.1, 0.15) is 11.5 Å². The van der Waals surface area contributed by atoms with Crippen LogP contribution < -0.4 is 16.0 Å². The number of rotatable bonds is 5. The standard InChI is InChI=1S/C20H18ClF3N6O2S/c21-13-6-12(20(22,23)24)8-27-17(13)30-3-1-10(2-4-30)18(32)29-19-28-15(9-33-19)11-5-14(16(25)31)26-7-11/h5-10,26H,1-4H2,(H2,25,31)(H,28,29,32). The zero-order valence-electron chi connectivity index (χ0n) is 16.9. The lowest BCUT2D eigenvalue weighted by molar-refractivity contribution is -0.137. The number of H-pyrrole nitrogens is 1. The van der Waals surface area contributed by atoms with Crippen molar-refractivity contribution in [3.63, 3.8) is 0 Å². The summed E-state index contributed by atoms with van der Waals surface area (Å²) in [5, 5.41) is 4.90. The third-order valence-electron chi connectivity index (χ3n) is 5.29. The number of nitrogens with one attached hydrogen (secondary N) is 2. The fourth-order valence-corrected chi connectivity index (χ4v) is 4.54. The van der Waals surface area contributed by atoms with Gasteiger partial charge in [-0.15, -0.1) is 11.3 Å². The molecule has 33 heavy (non-hydrogen) atoms. The number of hydrogen-bond donors (Lipinski definition) is 3. The molecule has 4 heterocycles. The van der Waals surface area contributed by atoms with Crippen LogP contribution in [0.4, 0.5) is 24.1 Å². The lowest BCUT2D eigenvalue weighted by Gasteiger charge is -2.32. The molecule has 0 unspecified atom stereocenters. The maximum absolute atomic E-state index is 12.8. The number of anilines is 2. The Morgan fingerprint density at radius 3 is 2.61 bits per heavy atom. The number of aromatic nitrogens is 3. The first kappa shape index (κ1) is 23.1. The van der Waals surface area contributed by atoms with Gasteiger partial charge in [-0.2, -0.15) is 13.2 Å². The van der Waals surface area contributed by atoms with Gasteiger partial charge in [0.05, 0.1) is 16.3 Å². The Labute approximate surface area is 195 Å². The van der Waals surface area contributed by atoms with Crippen LogP contribution in [0.1, 0.15) is 28.9 Å². The van der Waals surface area contributed by atoms with Crippen LogP contribution in [0.15, 0.2) is 29.9 Å². The highest BCUT2D eigenvalue weighted by atomic mass is 35.5. The van der Waals surface area contributed by atoms with Gasteiger partial charge in [-0.1, -0.05) is 11.6 Å². The van der Waals surface area contributed by atoms with E-state index >= 15 is 0 Å². The number of carbonyl (C=O) groups excluding carboxylic acids is 2. The maximum atomic E-state index is 12.8. The quantitative estimate of drug-likeness (QED) is 0.488. The van der Waals surface area contributed by atoms with Gasteiger partial charge in [0, 0.05) is 42.3 Å². The van der Waals surface area contributed by atoms with Gasteiger partial charge in [0.2, 0.25) is 5.91 Å². The minimum atomic E-state index is -4.51. The van der Waals surface area contributed by atoms with Crippen LogP contribution in [0.25, 0.3) is 11.3 Å². The summed E-state index contributed by atoms with van der Waals surface area (Å²) in [4.78, 5) is 36.7. The second kappa shape index (κ2) is 9.02. The lowest BCUT2D eigenvalue weighted by atomic mass is 9.96. The summed E-state index contributed by atoms with van der Waals surface area (Å²) in [7, 11) is 0. The normalized spacial score (nSPS) is 15.0. The van der Waals surface area contributed by atoms with E-state index in [1.54, 1.807) is 22.5 Å². The maximum Gasteiger partial charge on any atom is 0.417 e. The van der Waals surface area contributed by atoms with E-state index in [1.165, 1.54) is 11.3 Å². The largest absolute Gasteiger partial charge is 0.417 e. The number of primary amides is 1. The van der Waals surface area contributed by atoms with Crippen molar-refractivity contribution in [2.45, 2.75) is 19.0 Å². The molecule has 0 aliphatic carbocycles. The minimum Gasteiger partial charge on any atom is -0.364 e. The number of nitrogens with two attached hydrogens (primary N) is 1. The van der Waals surface area contributed by atoms with Crippen LogP contribution in [-0.4, -0.2) is 39.9 Å². The Morgan fingerprint density at radius 1 is 1.27 bits per heavy atom. The van der Waals surface area contributed by atoms with E-state index < -0.39 is 17.6 Å². The number of halogens is 4. The Balaban J connectivity index is 1.34. The third kappa shape index (κ3) is 5.11. The molecule has 0 bridgehead atoms. The molecule has 0 radical (unpaired) electrons. The van der Waals surface area contributed by atoms with Gasteiger partial charge in [0.15, 0.2) is 5.13 Å². The van der Waals surface area contributed by atoms with Gasteiger partial charge in [-0.25, -0.2) is 9.97 Å². The Hall–Kier alpha value is -3.12. The number of nitrogens with zero attached hydrogens (tertiary/aromatic N) is 3. The molecular formula is C20H18ClF3N6O2S. The lowest BCUT2D eigenvalue weighted by Crippen LogP contribution is -2.38. The summed E-state index contributed by atoms with van der Waals surface area (Å²) in [6, 6.07) is 2.44. The first-order chi connectivity index (χ1) is 15.6. The fraction of sp³-hybridized carbons (Fsp3) is 0.300. The van der Waals surface area contributed by atoms with Crippen LogP contribution in [0.3, 0.4) is 0 Å². The molecule has 0 saturated carbocycles. The van der Waals surface area contributed by atoms with Crippen molar-refractivity contribution in [2.24, 2.45) is 11.7 Å². The summed E-state index contributed by atoms with van der Waals surface area (Å²) in [5.41, 5.74) is 5.86. The molecule has 1 aliphatic rings. The summed E-state index contributed by atoms with van der Waals surface area (Å²) in [6.07, 6.45) is -1.17. The van der Waals surface area contributed by atoms with Crippen LogP contribution >= 0.6 is 22.9 Å². The van der Waals surface area contributed by atoms with Crippen molar-refractivity contribution in [1.82, 2.24) is 15.0 Å². The zero-order valence-corrected chi connectivity index (χ0v) is 18.5. The smallest absolute Gasteiger partial charge is 0.364 e. The van der Waals surface area contributed by atoms with Crippen LogP contribution in [0.2, 0.25) is 5.02 Å². The number of aromatic amines is 1. The number of hydrogen-bond acceptors (Lipinski definition) is 6. The highest BCUT2D eigenvalue weighted by molar-refractivity contribution is 7.14. The fourth-order valence-electron chi connectivity index (χ4n) is 3.53. The molecule has 8 nitrogen and oxygen atoms in total. The monoisotopic (exact) mass is 498 g/mol. The molecule has 3 aromatic heterocycles. The molecule has 4 N–H and O–H groups in total. The van der Waals surface area contributed by atoms with Crippen molar-refractivity contribution in [1.29, 1.82) is 0 Å². The molecule has 0 atom stereocenters. The van der Waals surface area contributed by atoms with Gasteiger partial charge >= 0.3 is 6.18 Å². The number of piperidine rings is 1. The number of amides is 2. The molecule has 1 fully saturated rings. The summed E-state index contributed by atoms with van der Waals surface area (Å²) >= 11 is 7.28. The molecule has 0 spiro atoms. The molecule has 174 valence electrons. The number of thiazole rings is 1. The minimum absolute atomic E-state index is 0.0766. The van der Waals surface area contributed by atoms with Gasteiger partial charge in [0.25, 0.3) is 5.91 Å². The molecule has 1 saturated heterocycles. The first-order valence-corrected chi connectivity index (χ1v) is 11.1. The summed E-state index contributed by atoms with van der Waals surface area (Å²) < 4.78 is 38.4. The van der Waals surface area contributed by atoms with Crippen molar-refractivity contribution in [3.05, 3.63) is 46.2 Å². The molecule has 3 aromatic rings. The van der Waals surface area contributed by atoms with E-state index in [9.17, 15) is 22.8 Å². The number of carbonyl (C=O) groups is 2. The molecule has 1 aliphatic heterocycles. The predicted octanol–water partition coefficient (Wildman–Crippen LogP) is 4.16. The average Bonchev–Trinajstić information content (AvgIpc) is 3.43. The van der Waals surface area contributed by atoms with Crippen LogP contribution in [0.5, 0.6) is 0 Å². The summed E-state index contributed by atoms with van der Waals surface area (Å²) in [6.45, 7) is 0.858. The van der Waals surface area contributed by atoms with Crippen LogP contribution in [-0.2, 0) is 11.0 Å². The SMILES string of the molecule is NC(=O)c1cc(-c2csc(NC(=O)C3CCN(c4ncc(C(F)(F)F)cc4Cl)CC3)n2)c[nH]1. The van der Waals surface area contributed by atoms with Crippen molar-refractivity contribution in [2.75, 3.05) is 23.3 Å². The second-order valence-corrected chi connectivity index (χ2v) is 8.75. The molecule has 13 heteroatoms. The molecule has 0 aromatic carbocycles. The van der Waals surface area contributed by atoms with Crippen molar-refractivity contribution in [3.8, 4) is 11.3 Å². The third-order valence-corrected chi connectivity index (χ3v) is 6.33. The molecule has 2 amide bonds. The zero-order chi connectivity index (χ0) is 23.8. The Kier molecular flexibility index (Phi) is 6.30.